The van der Waals surface area contributed by atoms with Crippen LogP contribution in [0.4, 0.5) is 0 Å². The fraction of sp³-hybridized carbons (Fsp3) is 0.333. The van der Waals surface area contributed by atoms with Crippen molar-refractivity contribution in [1.82, 2.24) is 4.98 Å². The zero-order valence-electron chi connectivity index (χ0n) is 10.6. The maximum atomic E-state index is 11.6. The summed E-state index contributed by atoms with van der Waals surface area (Å²) in [5, 5.41) is 10.7. The zero-order valence-corrected chi connectivity index (χ0v) is 11.4. The Morgan fingerprint density at radius 2 is 2.26 bits per heavy atom. The normalized spacial score (nSPS) is 18.3. The Balaban J connectivity index is 2.37. The molecule has 1 atom stereocenters. The number of aryl methyl sites for hydroxylation is 1. The molecular weight excluding hydrogens is 262 g/mol. The maximum absolute atomic E-state index is 11.6. The zero-order chi connectivity index (χ0) is 13.6. The number of nitrogens with zero attached hydrogens (tertiary/aromatic N) is 1. The molecule has 98 valence electrons. The van der Waals surface area contributed by atoms with Gasteiger partial charge in [-0.3, -0.25) is 4.98 Å². The third kappa shape index (κ3) is 2.08. The second-order valence-electron chi connectivity index (χ2n) is 5.23. The van der Waals surface area contributed by atoms with Crippen molar-refractivity contribution in [3.05, 3.63) is 40.0 Å². The van der Waals surface area contributed by atoms with Crippen LogP contribution in [0.25, 0.3) is 10.9 Å². The van der Waals surface area contributed by atoms with E-state index in [2.05, 4.69) is 11.9 Å². The lowest BCUT2D eigenvalue weighted by molar-refractivity contribution is 0.0697. The molecule has 0 amide bonds. The molecular formula is C15H14ClNO2. The highest BCUT2D eigenvalue weighted by Crippen LogP contribution is 2.32. The van der Waals surface area contributed by atoms with Crippen molar-refractivity contribution in [2.75, 3.05) is 0 Å². The van der Waals surface area contributed by atoms with Gasteiger partial charge in [-0.25, -0.2) is 4.79 Å². The first-order chi connectivity index (χ1) is 9.06. The topological polar surface area (TPSA) is 50.2 Å². The van der Waals surface area contributed by atoms with E-state index in [9.17, 15) is 9.90 Å². The molecule has 4 heteroatoms. The van der Waals surface area contributed by atoms with E-state index in [1.165, 1.54) is 0 Å². The van der Waals surface area contributed by atoms with Gasteiger partial charge in [0.25, 0.3) is 0 Å². The largest absolute Gasteiger partial charge is 0.478 e. The first-order valence-electron chi connectivity index (χ1n) is 6.40. The summed E-state index contributed by atoms with van der Waals surface area (Å²) in [6.45, 7) is 2.15. The van der Waals surface area contributed by atoms with E-state index in [4.69, 9.17) is 11.6 Å². The SMILES string of the molecule is C[C@@H]1CCc2nc3ccc(Cl)cc3c(C(=O)O)c2C1. The lowest BCUT2D eigenvalue weighted by atomic mass is 9.84. The predicted octanol–water partition coefficient (Wildman–Crippen LogP) is 3.71. The Labute approximate surface area is 116 Å². The summed E-state index contributed by atoms with van der Waals surface area (Å²) in [4.78, 5) is 16.2. The van der Waals surface area contributed by atoms with E-state index in [0.717, 1.165) is 36.0 Å². The van der Waals surface area contributed by atoms with Crippen LogP contribution in [0.2, 0.25) is 5.02 Å². The van der Waals surface area contributed by atoms with Crippen molar-refractivity contribution in [1.29, 1.82) is 0 Å². The molecule has 1 aromatic carbocycles. The molecule has 1 aromatic heterocycles. The molecule has 2 aromatic rings. The number of carboxylic acid groups (broad SMARTS) is 1. The fourth-order valence-electron chi connectivity index (χ4n) is 2.83. The summed E-state index contributed by atoms with van der Waals surface area (Å²) in [6, 6.07) is 5.25. The van der Waals surface area contributed by atoms with Crippen molar-refractivity contribution in [2.45, 2.75) is 26.2 Å². The molecule has 1 aliphatic rings. The average molecular weight is 276 g/mol. The van der Waals surface area contributed by atoms with Crippen molar-refractivity contribution in [2.24, 2.45) is 5.92 Å². The van der Waals surface area contributed by atoms with Crippen LogP contribution in [0, 0.1) is 5.92 Å². The molecule has 3 rings (SSSR count). The van der Waals surface area contributed by atoms with Gasteiger partial charge in [0, 0.05) is 16.1 Å². The van der Waals surface area contributed by atoms with E-state index in [1.807, 2.05) is 0 Å². The minimum atomic E-state index is -0.889. The number of fused-ring (bicyclic) bond motifs is 2. The third-order valence-corrected chi connectivity index (χ3v) is 4.01. The number of aromatic nitrogens is 1. The van der Waals surface area contributed by atoms with E-state index in [-0.39, 0.29) is 0 Å². The van der Waals surface area contributed by atoms with Gasteiger partial charge in [0.05, 0.1) is 11.1 Å². The molecule has 0 spiro atoms. The summed E-state index contributed by atoms with van der Waals surface area (Å²) in [5.74, 6) is -0.385. The highest BCUT2D eigenvalue weighted by Gasteiger charge is 2.25. The lowest BCUT2D eigenvalue weighted by Gasteiger charge is -2.23. The molecule has 0 bridgehead atoms. The Bertz CT molecular complexity index is 681. The molecule has 3 nitrogen and oxygen atoms in total. The number of hydrogen-bond acceptors (Lipinski definition) is 2. The summed E-state index contributed by atoms with van der Waals surface area (Å²) in [6.07, 6.45) is 2.71. The minimum absolute atomic E-state index is 0.383. The number of aromatic carboxylic acids is 1. The summed E-state index contributed by atoms with van der Waals surface area (Å²) in [5.41, 5.74) is 2.93. The van der Waals surface area contributed by atoms with Crippen molar-refractivity contribution < 1.29 is 9.90 Å². The molecule has 19 heavy (non-hydrogen) atoms. The fourth-order valence-corrected chi connectivity index (χ4v) is 3.00. The predicted molar refractivity (Wildman–Crippen MR) is 74.9 cm³/mol. The van der Waals surface area contributed by atoms with Crippen LogP contribution in [0.15, 0.2) is 18.2 Å². The van der Waals surface area contributed by atoms with Crippen LogP contribution in [-0.4, -0.2) is 16.1 Å². The van der Waals surface area contributed by atoms with Crippen LogP contribution < -0.4 is 0 Å². The van der Waals surface area contributed by atoms with Crippen molar-refractivity contribution >= 4 is 28.5 Å². The number of rotatable bonds is 1. The van der Waals surface area contributed by atoms with Crippen LogP contribution in [-0.2, 0) is 12.8 Å². The molecule has 0 fully saturated rings. The van der Waals surface area contributed by atoms with Gasteiger partial charge in [-0.05, 0) is 48.9 Å². The Morgan fingerprint density at radius 1 is 1.47 bits per heavy atom. The Kier molecular flexibility index (Phi) is 2.94. The van der Waals surface area contributed by atoms with Crippen LogP contribution in [0.3, 0.4) is 0 Å². The monoisotopic (exact) mass is 275 g/mol. The number of halogens is 1. The van der Waals surface area contributed by atoms with Crippen molar-refractivity contribution in [3.8, 4) is 0 Å². The smallest absolute Gasteiger partial charge is 0.336 e. The third-order valence-electron chi connectivity index (χ3n) is 3.77. The number of pyridine rings is 1. The molecule has 0 saturated heterocycles. The highest BCUT2D eigenvalue weighted by atomic mass is 35.5. The summed E-state index contributed by atoms with van der Waals surface area (Å²) >= 11 is 5.99. The van der Waals surface area contributed by atoms with Crippen LogP contribution >= 0.6 is 11.6 Å². The quantitative estimate of drug-likeness (QED) is 0.863. The van der Waals surface area contributed by atoms with Gasteiger partial charge >= 0.3 is 5.97 Å². The van der Waals surface area contributed by atoms with E-state index < -0.39 is 5.97 Å². The molecule has 0 aliphatic heterocycles. The first kappa shape index (κ1) is 12.4. The number of hydrogen-bond donors (Lipinski definition) is 1. The van der Waals surface area contributed by atoms with Crippen LogP contribution in [0.1, 0.15) is 35.0 Å². The van der Waals surface area contributed by atoms with E-state index >= 15 is 0 Å². The second-order valence-corrected chi connectivity index (χ2v) is 5.66. The molecule has 1 N–H and O–H groups in total. The van der Waals surface area contributed by atoms with E-state index in [1.54, 1.807) is 18.2 Å². The van der Waals surface area contributed by atoms with Gasteiger partial charge < -0.3 is 5.11 Å². The number of carbonyl (C=O) groups is 1. The van der Waals surface area contributed by atoms with Crippen molar-refractivity contribution in [3.63, 3.8) is 0 Å². The van der Waals surface area contributed by atoms with Gasteiger partial charge in [0.2, 0.25) is 0 Å². The minimum Gasteiger partial charge on any atom is -0.478 e. The number of carboxylic acids is 1. The molecule has 1 heterocycles. The molecule has 0 unspecified atom stereocenters. The van der Waals surface area contributed by atoms with Gasteiger partial charge in [0.1, 0.15) is 0 Å². The van der Waals surface area contributed by atoms with Crippen LogP contribution in [0.5, 0.6) is 0 Å². The second kappa shape index (κ2) is 4.49. The molecule has 0 radical (unpaired) electrons. The standard InChI is InChI=1S/C15H14ClNO2/c1-8-2-4-12-10(6-8)14(15(18)19)11-7-9(16)3-5-13(11)17-12/h3,5,7-8H,2,4,6H2,1H3,(H,18,19)/t8-/m1/s1. The summed E-state index contributed by atoms with van der Waals surface area (Å²) < 4.78 is 0. The van der Waals surface area contributed by atoms with Gasteiger partial charge in [-0.15, -0.1) is 0 Å². The Morgan fingerprint density at radius 3 is 3.00 bits per heavy atom. The first-order valence-corrected chi connectivity index (χ1v) is 6.78. The van der Waals surface area contributed by atoms with Gasteiger partial charge in [-0.1, -0.05) is 18.5 Å². The van der Waals surface area contributed by atoms with Gasteiger partial charge in [0.15, 0.2) is 0 Å². The lowest BCUT2D eigenvalue weighted by Crippen LogP contribution is -2.18. The number of benzene rings is 1. The molecule has 1 aliphatic carbocycles. The summed E-state index contributed by atoms with van der Waals surface area (Å²) in [7, 11) is 0. The molecule has 0 saturated carbocycles. The van der Waals surface area contributed by atoms with Gasteiger partial charge in [-0.2, -0.15) is 0 Å². The Hall–Kier alpha value is -1.61. The average Bonchev–Trinajstić information content (AvgIpc) is 2.35. The van der Waals surface area contributed by atoms with E-state index in [0.29, 0.717) is 21.9 Å². The maximum Gasteiger partial charge on any atom is 0.336 e. The highest BCUT2D eigenvalue weighted by molar-refractivity contribution is 6.31.